The number of benzene rings is 1. The van der Waals surface area contributed by atoms with E-state index < -0.39 is 0 Å². The smallest absolute Gasteiger partial charge is 0.248 e. The van der Waals surface area contributed by atoms with E-state index in [1.165, 1.54) is 19.4 Å². The summed E-state index contributed by atoms with van der Waals surface area (Å²) in [5, 5.41) is 3.37. The number of amides is 1. The fourth-order valence-corrected chi connectivity index (χ4v) is 1.63. The van der Waals surface area contributed by atoms with Crippen molar-refractivity contribution in [3.8, 4) is 5.88 Å². The molecular weight excluding hydrogens is 276 g/mol. The van der Waals surface area contributed by atoms with Gasteiger partial charge in [-0.2, -0.15) is 0 Å². The van der Waals surface area contributed by atoms with Crippen LogP contribution in [0.3, 0.4) is 0 Å². The summed E-state index contributed by atoms with van der Waals surface area (Å²) in [5.41, 5.74) is 1.51. The van der Waals surface area contributed by atoms with Crippen LogP contribution in [0.5, 0.6) is 5.88 Å². The Balaban J connectivity index is 1.96. The zero-order valence-electron chi connectivity index (χ0n) is 10.8. The molecule has 0 aliphatic heterocycles. The quantitative estimate of drug-likeness (QED) is 0.877. The molecule has 0 aliphatic rings. The highest BCUT2D eigenvalue weighted by atomic mass is 35.5. The molecule has 0 atom stereocenters. The first-order chi connectivity index (χ1) is 9.67. The number of hydrogen-bond acceptors (Lipinski definition) is 3. The number of hydrogen-bond donors (Lipinski definition) is 1. The van der Waals surface area contributed by atoms with E-state index in [1.807, 2.05) is 12.1 Å². The SMILES string of the molecule is COc1ccc(NC(=O)/C=C/c2ccc(Cl)cc2)cn1. The molecule has 5 heteroatoms. The van der Waals surface area contributed by atoms with Crippen molar-refractivity contribution in [2.75, 3.05) is 12.4 Å². The van der Waals surface area contributed by atoms with Gasteiger partial charge in [-0.25, -0.2) is 4.98 Å². The van der Waals surface area contributed by atoms with E-state index in [4.69, 9.17) is 16.3 Å². The number of rotatable bonds is 4. The normalized spacial score (nSPS) is 10.5. The molecule has 1 amide bonds. The van der Waals surface area contributed by atoms with E-state index >= 15 is 0 Å². The average Bonchev–Trinajstić information content (AvgIpc) is 2.47. The van der Waals surface area contributed by atoms with Gasteiger partial charge in [0.25, 0.3) is 0 Å². The van der Waals surface area contributed by atoms with Crippen molar-refractivity contribution in [1.82, 2.24) is 4.98 Å². The summed E-state index contributed by atoms with van der Waals surface area (Å²) in [6.07, 6.45) is 4.70. The minimum Gasteiger partial charge on any atom is -0.481 e. The molecule has 1 N–H and O–H groups in total. The standard InChI is InChI=1S/C15H13ClN2O2/c1-20-15-9-7-13(10-17-15)18-14(19)8-4-11-2-5-12(16)6-3-11/h2-10H,1H3,(H,18,19)/b8-4+. The third-order valence-electron chi connectivity index (χ3n) is 2.51. The third kappa shape index (κ3) is 4.10. The van der Waals surface area contributed by atoms with Crippen LogP contribution in [0.2, 0.25) is 5.02 Å². The van der Waals surface area contributed by atoms with Crippen LogP contribution in [0.15, 0.2) is 48.7 Å². The lowest BCUT2D eigenvalue weighted by Gasteiger charge is -2.02. The highest BCUT2D eigenvalue weighted by molar-refractivity contribution is 6.30. The van der Waals surface area contributed by atoms with E-state index in [9.17, 15) is 4.79 Å². The van der Waals surface area contributed by atoms with Gasteiger partial charge in [-0.05, 0) is 29.8 Å². The average molecular weight is 289 g/mol. The molecule has 0 aliphatic carbocycles. The lowest BCUT2D eigenvalue weighted by atomic mass is 10.2. The van der Waals surface area contributed by atoms with Gasteiger partial charge in [0.2, 0.25) is 11.8 Å². The monoisotopic (exact) mass is 288 g/mol. The van der Waals surface area contributed by atoms with Gasteiger partial charge >= 0.3 is 0 Å². The zero-order chi connectivity index (χ0) is 14.4. The topological polar surface area (TPSA) is 51.2 Å². The van der Waals surface area contributed by atoms with Crippen LogP contribution < -0.4 is 10.1 Å². The molecule has 0 saturated heterocycles. The second kappa shape index (κ2) is 6.73. The maximum atomic E-state index is 11.7. The molecule has 1 heterocycles. The third-order valence-corrected chi connectivity index (χ3v) is 2.76. The second-order valence-electron chi connectivity index (χ2n) is 3.96. The van der Waals surface area contributed by atoms with Crippen molar-refractivity contribution in [3.63, 3.8) is 0 Å². The lowest BCUT2D eigenvalue weighted by Crippen LogP contribution is -2.07. The summed E-state index contributed by atoms with van der Waals surface area (Å²) >= 11 is 5.79. The van der Waals surface area contributed by atoms with Crippen LogP contribution in [0.1, 0.15) is 5.56 Å². The maximum Gasteiger partial charge on any atom is 0.248 e. The first-order valence-corrected chi connectivity index (χ1v) is 6.30. The Morgan fingerprint density at radius 2 is 2.00 bits per heavy atom. The molecule has 0 saturated carbocycles. The van der Waals surface area contributed by atoms with Gasteiger partial charge in [0.15, 0.2) is 0 Å². The molecule has 1 aromatic carbocycles. The van der Waals surface area contributed by atoms with Crippen molar-refractivity contribution < 1.29 is 9.53 Å². The summed E-state index contributed by atoms with van der Waals surface area (Å²) in [4.78, 5) is 15.7. The van der Waals surface area contributed by atoms with Gasteiger partial charge in [-0.3, -0.25) is 4.79 Å². The number of methoxy groups -OCH3 is 1. The maximum absolute atomic E-state index is 11.7. The summed E-state index contributed by atoms with van der Waals surface area (Å²) in [5.74, 6) is 0.270. The van der Waals surface area contributed by atoms with Gasteiger partial charge in [0.05, 0.1) is 19.0 Å². The minimum atomic E-state index is -0.230. The summed E-state index contributed by atoms with van der Waals surface area (Å²) < 4.78 is 4.94. The van der Waals surface area contributed by atoms with Crippen LogP contribution in [0.4, 0.5) is 5.69 Å². The molecule has 102 valence electrons. The number of nitrogens with one attached hydrogen (secondary N) is 1. The molecule has 0 radical (unpaired) electrons. The van der Waals surface area contributed by atoms with Crippen LogP contribution in [-0.4, -0.2) is 18.0 Å². The zero-order valence-corrected chi connectivity index (χ0v) is 11.6. The number of pyridine rings is 1. The molecule has 0 spiro atoms. The Morgan fingerprint density at radius 1 is 1.25 bits per heavy atom. The predicted molar refractivity (Wildman–Crippen MR) is 79.9 cm³/mol. The Kier molecular flexibility index (Phi) is 4.74. The highest BCUT2D eigenvalue weighted by Gasteiger charge is 1.99. The van der Waals surface area contributed by atoms with Gasteiger partial charge in [0.1, 0.15) is 0 Å². The second-order valence-corrected chi connectivity index (χ2v) is 4.40. The molecule has 0 unspecified atom stereocenters. The van der Waals surface area contributed by atoms with E-state index in [0.29, 0.717) is 16.6 Å². The Bertz CT molecular complexity index is 607. The Labute approximate surface area is 122 Å². The van der Waals surface area contributed by atoms with Gasteiger partial charge in [0, 0.05) is 17.2 Å². The number of ether oxygens (including phenoxy) is 1. The largest absolute Gasteiger partial charge is 0.481 e. The van der Waals surface area contributed by atoms with E-state index in [1.54, 1.807) is 30.3 Å². The molecule has 1 aromatic heterocycles. The van der Waals surface area contributed by atoms with Crippen molar-refractivity contribution in [2.24, 2.45) is 0 Å². The molecule has 20 heavy (non-hydrogen) atoms. The van der Waals surface area contributed by atoms with E-state index in [-0.39, 0.29) is 5.91 Å². The van der Waals surface area contributed by atoms with Crippen LogP contribution in [0.25, 0.3) is 6.08 Å². The van der Waals surface area contributed by atoms with Gasteiger partial charge < -0.3 is 10.1 Å². The number of carbonyl (C=O) groups excluding carboxylic acids is 1. The fraction of sp³-hybridized carbons (Fsp3) is 0.0667. The minimum absolute atomic E-state index is 0.230. The van der Waals surface area contributed by atoms with Crippen molar-refractivity contribution in [2.45, 2.75) is 0 Å². The number of aromatic nitrogens is 1. The fourth-order valence-electron chi connectivity index (χ4n) is 1.50. The number of carbonyl (C=O) groups is 1. The summed E-state index contributed by atoms with van der Waals surface area (Å²) in [6, 6.07) is 10.6. The lowest BCUT2D eigenvalue weighted by molar-refractivity contribution is -0.111. The molecule has 2 rings (SSSR count). The molecule has 4 nitrogen and oxygen atoms in total. The molecular formula is C15H13ClN2O2. The molecule has 2 aromatic rings. The Hall–Kier alpha value is -2.33. The first kappa shape index (κ1) is 14.1. The van der Waals surface area contributed by atoms with Gasteiger partial charge in [-0.15, -0.1) is 0 Å². The van der Waals surface area contributed by atoms with Gasteiger partial charge in [-0.1, -0.05) is 23.7 Å². The van der Waals surface area contributed by atoms with E-state index in [0.717, 1.165) is 5.56 Å². The van der Waals surface area contributed by atoms with Crippen molar-refractivity contribution in [1.29, 1.82) is 0 Å². The highest BCUT2D eigenvalue weighted by Crippen LogP contribution is 2.12. The molecule has 0 fully saturated rings. The van der Waals surface area contributed by atoms with Crippen molar-refractivity contribution in [3.05, 3.63) is 59.3 Å². The number of nitrogens with zero attached hydrogens (tertiary/aromatic N) is 1. The first-order valence-electron chi connectivity index (χ1n) is 5.92. The van der Waals surface area contributed by atoms with Crippen molar-refractivity contribution >= 4 is 29.3 Å². The molecule has 0 bridgehead atoms. The van der Waals surface area contributed by atoms with Crippen LogP contribution >= 0.6 is 11.6 Å². The summed E-state index contributed by atoms with van der Waals surface area (Å²) in [6.45, 7) is 0. The van der Waals surface area contributed by atoms with Crippen LogP contribution in [0, 0.1) is 0 Å². The number of anilines is 1. The van der Waals surface area contributed by atoms with E-state index in [2.05, 4.69) is 10.3 Å². The Morgan fingerprint density at radius 3 is 2.60 bits per heavy atom. The van der Waals surface area contributed by atoms with Crippen LogP contribution in [-0.2, 0) is 4.79 Å². The number of halogens is 1. The summed E-state index contributed by atoms with van der Waals surface area (Å²) in [7, 11) is 1.54. The predicted octanol–water partition coefficient (Wildman–Crippen LogP) is 3.40.